The van der Waals surface area contributed by atoms with Crippen LogP contribution >= 0.6 is 0 Å². The van der Waals surface area contributed by atoms with Crippen molar-refractivity contribution in [2.75, 3.05) is 18.9 Å². The fourth-order valence-electron chi connectivity index (χ4n) is 1.56. The van der Waals surface area contributed by atoms with Crippen molar-refractivity contribution >= 4 is 17.5 Å². The van der Waals surface area contributed by atoms with E-state index in [0.717, 1.165) is 11.3 Å². The Bertz CT molecular complexity index is 495. The Morgan fingerprint density at radius 3 is 2.42 bits per heavy atom. The number of anilines is 1. The van der Waals surface area contributed by atoms with Gasteiger partial charge in [0.25, 0.3) is 5.91 Å². The van der Waals surface area contributed by atoms with Crippen LogP contribution in [0.15, 0.2) is 18.2 Å². The molecule has 19 heavy (non-hydrogen) atoms. The van der Waals surface area contributed by atoms with Gasteiger partial charge in [0.1, 0.15) is 0 Å². The lowest BCUT2D eigenvalue weighted by molar-refractivity contribution is -0.125. The van der Waals surface area contributed by atoms with Crippen LogP contribution in [0.2, 0.25) is 0 Å². The number of rotatable bonds is 5. The van der Waals surface area contributed by atoms with Gasteiger partial charge in [0.05, 0.1) is 5.41 Å². The van der Waals surface area contributed by atoms with Crippen LogP contribution in [0.4, 0.5) is 5.69 Å². The van der Waals surface area contributed by atoms with Crippen LogP contribution in [0, 0.1) is 12.3 Å². The summed E-state index contributed by atoms with van der Waals surface area (Å²) in [5, 5.41) is 5.75. The lowest BCUT2D eigenvalue weighted by Gasteiger charge is -2.21. The van der Waals surface area contributed by atoms with E-state index < -0.39 is 11.3 Å². The first-order chi connectivity index (χ1) is 8.77. The minimum atomic E-state index is -0.755. The molecule has 1 aromatic rings. The third-order valence-electron chi connectivity index (χ3n) is 3.12. The topological polar surface area (TPSA) is 84.2 Å². The lowest BCUT2D eigenvalue weighted by Crippen LogP contribution is -2.42. The molecule has 0 aliphatic rings. The Labute approximate surface area is 113 Å². The molecule has 0 fully saturated rings. The molecule has 0 radical (unpaired) electrons. The van der Waals surface area contributed by atoms with Gasteiger partial charge in [0.2, 0.25) is 5.91 Å². The third kappa shape index (κ3) is 3.71. The Kier molecular flexibility index (Phi) is 4.53. The molecule has 0 aliphatic carbocycles. The molecule has 0 aliphatic heterocycles. The zero-order valence-electron chi connectivity index (χ0n) is 11.8. The van der Waals surface area contributed by atoms with Crippen molar-refractivity contribution in [2.45, 2.75) is 20.8 Å². The van der Waals surface area contributed by atoms with Crippen LogP contribution in [0.3, 0.4) is 0 Å². The Morgan fingerprint density at radius 2 is 1.95 bits per heavy atom. The third-order valence-corrected chi connectivity index (χ3v) is 3.12. The predicted molar refractivity (Wildman–Crippen MR) is 76.0 cm³/mol. The summed E-state index contributed by atoms with van der Waals surface area (Å²) in [6.45, 7) is 5.49. The average Bonchev–Trinajstić information content (AvgIpc) is 2.35. The quantitative estimate of drug-likeness (QED) is 0.748. The second kappa shape index (κ2) is 5.73. The van der Waals surface area contributed by atoms with Crippen molar-refractivity contribution in [2.24, 2.45) is 11.1 Å². The highest BCUT2D eigenvalue weighted by atomic mass is 16.2. The van der Waals surface area contributed by atoms with Gasteiger partial charge in [0, 0.05) is 24.8 Å². The summed E-state index contributed by atoms with van der Waals surface area (Å²) in [6.07, 6.45) is 0. The van der Waals surface area contributed by atoms with Crippen LogP contribution in [-0.4, -0.2) is 25.4 Å². The van der Waals surface area contributed by atoms with E-state index in [1.807, 2.05) is 26.1 Å². The molecule has 0 saturated carbocycles. The zero-order chi connectivity index (χ0) is 14.6. The van der Waals surface area contributed by atoms with Crippen LogP contribution in [0.5, 0.6) is 0 Å². The molecule has 0 aromatic heterocycles. The number of nitrogens with one attached hydrogen (secondary N) is 2. The maximum absolute atomic E-state index is 12.1. The maximum atomic E-state index is 12.1. The van der Waals surface area contributed by atoms with Gasteiger partial charge < -0.3 is 16.4 Å². The number of carbonyl (C=O) groups is 2. The first-order valence-corrected chi connectivity index (χ1v) is 6.14. The number of hydrogen-bond donors (Lipinski definition) is 3. The molecule has 0 bridgehead atoms. The molecule has 2 amide bonds. The number of primary amides is 1. The summed E-state index contributed by atoms with van der Waals surface area (Å²) in [5.41, 5.74) is 6.93. The Morgan fingerprint density at radius 1 is 1.32 bits per heavy atom. The average molecular weight is 263 g/mol. The summed E-state index contributed by atoms with van der Waals surface area (Å²) >= 11 is 0. The highest BCUT2D eigenvalue weighted by Crippen LogP contribution is 2.16. The van der Waals surface area contributed by atoms with Gasteiger partial charge in [0.15, 0.2) is 0 Å². The number of amides is 2. The number of benzene rings is 1. The minimum absolute atomic E-state index is 0.200. The second-order valence-electron chi connectivity index (χ2n) is 5.21. The lowest BCUT2D eigenvalue weighted by atomic mass is 9.92. The standard InChI is InChI=1S/C14H21N3O2/c1-9-7-10(16-4)5-6-11(9)12(18)17-8-14(2,3)13(15)19/h5-7,16H,8H2,1-4H3,(H2,15,19)(H,17,18). The molecule has 0 heterocycles. The largest absolute Gasteiger partial charge is 0.388 e. The molecule has 5 nitrogen and oxygen atoms in total. The molecule has 0 unspecified atom stereocenters. The maximum Gasteiger partial charge on any atom is 0.251 e. The van der Waals surface area contributed by atoms with Crippen molar-refractivity contribution < 1.29 is 9.59 Å². The normalized spacial score (nSPS) is 10.9. The van der Waals surface area contributed by atoms with E-state index in [4.69, 9.17) is 5.73 Å². The molecule has 5 heteroatoms. The second-order valence-corrected chi connectivity index (χ2v) is 5.21. The number of hydrogen-bond acceptors (Lipinski definition) is 3. The van der Waals surface area contributed by atoms with Crippen LogP contribution in [-0.2, 0) is 4.79 Å². The monoisotopic (exact) mass is 263 g/mol. The van der Waals surface area contributed by atoms with E-state index in [2.05, 4.69) is 10.6 Å². The molecule has 0 saturated heterocycles. The highest BCUT2D eigenvalue weighted by molar-refractivity contribution is 5.96. The van der Waals surface area contributed by atoms with Crippen molar-refractivity contribution in [3.8, 4) is 0 Å². The minimum Gasteiger partial charge on any atom is -0.388 e. The van der Waals surface area contributed by atoms with Gasteiger partial charge in [-0.2, -0.15) is 0 Å². The zero-order valence-corrected chi connectivity index (χ0v) is 11.8. The summed E-state index contributed by atoms with van der Waals surface area (Å²) in [6, 6.07) is 5.49. The number of nitrogens with two attached hydrogens (primary N) is 1. The predicted octanol–water partition coefficient (Wildman–Crippen LogP) is 1.28. The van der Waals surface area contributed by atoms with E-state index in [0.29, 0.717) is 5.56 Å². The van der Waals surface area contributed by atoms with Crippen molar-refractivity contribution in [3.63, 3.8) is 0 Å². The molecule has 104 valence electrons. The molecule has 0 atom stereocenters. The Hall–Kier alpha value is -2.04. The molecule has 0 spiro atoms. The summed E-state index contributed by atoms with van der Waals surface area (Å²) in [5.74, 6) is -0.635. The molecular weight excluding hydrogens is 242 g/mol. The molecular formula is C14H21N3O2. The van der Waals surface area contributed by atoms with Crippen LogP contribution in [0.1, 0.15) is 29.8 Å². The molecule has 4 N–H and O–H groups in total. The first kappa shape index (κ1) is 15.0. The van der Waals surface area contributed by atoms with E-state index in [9.17, 15) is 9.59 Å². The van der Waals surface area contributed by atoms with Gasteiger partial charge in [-0.1, -0.05) is 0 Å². The van der Waals surface area contributed by atoms with Crippen LogP contribution < -0.4 is 16.4 Å². The van der Waals surface area contributed by atoms with Gasteiger partial charge in [-0.3, -0.25) is 9.59 Å². The van der Waals surface area contributed by atoms with Gasteiger partial charge in [-0.15, -0.1) is 0 Å². The number of aryl methyl sites for hydroxylation is 1. The fraction of sp³-hybridized carbons (Fsp3) is 0.429. The Balaban J connectivity index is 2.77. The van der Waals surface area contributed by atoms with E-state index in [1.165, 1.54) is 0 Å². The van der Waals surface area contributed by atoms with Gasteiger partial charge in [-0.05, 0) is 44.5 Å². The summed E-state index contributed by atoms with van der Waals surface area (Å²) in [7, 11) is 1.82. The van der Waals surface area contributed by atoms with E-state index >= 15 is 0 Å². The summed E-state index contributed by atoms with van der Waals surface area (Å²) < 4.78 is 0. The van der Waals surface area contributed by atoms with Gasteiger partial charge in [-0.25, -0.2) is 0 Å². The first-order valence-electron chi connectivity index (χ1n) is 6.14. The van der Waals surface area contributed by atoms with Gasteiger partial charge >= 0.3 is 0 Å². The van der Waals surface area contributed by atoms with E-state index in [-0.39, 0.29) is 12.5 Å². The fourth-order valence-corrected chi connectivity index (χ4v) is 1.56. The summed E-state index contributed by atoms with van der Waals surface area (Å²) in [4.78, 5) is 23.2. The van der Waals surface area contributed by atoms with Crippen molar-refractivity contribution in [1.82, 2.24) is 5.32 Å². The smallest absolute Gasteiger partial charge is 0.251 e. The van der Waals surface area contributed by atoms with Crippen molar-refractivity contribution in [3.05, 3.63) is 29.3 Å². The van der Waals surface area contributed by atoms with E-state index in [1.54, 1.807) is 19.9 Å². The highest BCUT2D eigenvalue weighted by Gasteiger charge is 2.25. The molecule has 1 aromatic carbocycles. The van der Waals surface area contributed by atoms with Crippen LogP contribution in [0.25, 0.3) is 0 Å². The van der Waals surface area contributed by atoms with Crippen molar-refractivity contribution in [1.29, 1.82) is 0 Å². The molecule has 1 rings (SSSR count). The SMILES string of the molecule is CNc1ccc(C(=O)NCC(C)(C)C(N)=O)c(C)c1. The number of carbonyl (C=O) groups excluding carboxylic acids is 2.